The second kappa shape index (κ2) is 9.05. The Labute approximate surface area is 179 Å². The van der Waals surface area contributed by atoms with E-state index in [0.717, 1.165) is 0 Å². The molecular formula is C22H24N4O5. The van der Waals surface area contributed by atoms with Crippen molar-refractivity contribution in [3.8, 4) is 11.5 Å². The molecule has 3 amide bonds. The maximum atomic E-state index is 12.8. The number of nitrogens with one attached hydrogen (secondary N) is 2. The molecule has 0 spiro atoms. The molecule has 1 saturated heterocycles. The number of likely N-dealkylation sites (tertiary alicyclic amines) is 1. The lowest BCUT2D eigenvalue weighted by Crippen LogP contribution is -2.42. The summed E-state index contributed by atoms with van der Waals surface area (Å²) in [4.78, 5) is 38.6. The Balaban J connectivity index is 1.37. The molecular weight excluding hydrogens is 400 g/mol. The van der Waals surface area contributed by atoms with E-state index in [2.05, 4.69) is 10.6 Å². The third kappa shape index (κ3) is 4.95. The standard InChI is InChI=1S/C22H24N4O5/c23-21(28)14-7-9-26(10-8-14)12-20(27)25-17-4-2-1-3-16(17)22(29)24-15-5-6-18-19(11-15)31-13-30-18/h1-6,11,14H,7-10,12-13H2,(H2,23,28)(H,24,29)(H,25,27). The van der Waals surface area contributed by atoms with Gasteiger partial charge in [-0.1, -0.05) is 12.1 Å². The van der Waals surface area contributed by atoms with Crippen molar-refractivity contribution in [1.82, 2.24) is 4.90 Å². The molecule has 4 rings (SSSR count). The number of benzene rings is 2. The number of carbonyl (C=O) groups is 3. The highest BCUT2D eigenvalue weighted by atomic mass is 16.7. The van der Waals surface area contributed by atoms with Gasteiger partial charge >= 0.3 is 0 Å². The molecule has 0 aromatic heterocycles. The highest BCUT2D eigenvalue weighted by Gasteiger charge is 2.24. The SMILES string of the molecule is NC(=O)C1CCN(CC(=O)Nc2ccccc2C(=O)Nc2ccc3c(c2)OCO3)CC1. The van der Waals surface area contributed by atoms with E-state index < -0.39 is 0 Å². The number of para-hydroxylation sites is 1. The number of ether oxygens (including phenoxy) is 2. The summed E-state index contributed by atoms with van der Waals surface area (Å²) in [6.07, 6.45) is 1.30. The van der Waals surface area contributed by atoms with Crippen LogP contribution in [0.15, 0.2) is 42.5 Å². The smallest absolute Gasteiger partial charge is 0.257 e. The van der Waals surface area contributed by atoms with Crippen molar-refractivity contribution in [3.05, 3.63) is 48.0 Å². The molecule has 2 aromatic carbocycles. The molecule has 0 bridgehead atoms. The van der Waals surface area contributed by atoms with Gasteiger partial charge in [-0.2, -0.15) is 0 Å². The van der Waals surface area contributed by atoms with Gasteiger partial charge in [-0.05, 0) is 50.2 Å². The summed E-state index contributed by atoms with van der Waals surface area (Å²) in [5.41, 5.74) is 6.69. The molecule has 0 unspecified atom stereocenters. The van der Waals surface area contributed by atoms with E-state index in [0.29, 0.717) is 54.4 Å². The van der Waals surface area contributed by atoms with Crippen LogP contribution in [-0.4, -0.2) is 49.0 Å². The van der Waals surface area contributed by atoms with Crippen LogP contribution < -0.4 is 25.8 Å². The fourth-order valence-electron chi connectivity index (χ4n) is 3.73. The van der Waals surface area contributed by atoms with E-state index in [1.165, 1.54) is 0 Å². The number of carbonyl (C=O) groups excluding carboxylic acids is 3. The molecule has 2 aliphatic rings. The number of hydrogen-bond donors (Lipinski definition) is 3. The fourth-order valence-corrected chi connectivity index (χ4v) is 3.73. The van der Waals surface area contributed by atoms with E-state index in [9.17, 15) is 14.4 Å². The van der Waals surface area contributed by atoms with Gasteiger partial charge in [0.05, 0.1) is 17.8 Å². The van der Waals surface area contributed by atoms with Gasteiger partial charge in [0, 0.05) is 17.7 Å². The predicted octanol–water partition coefficient (Wildman–Crippen LogP) is 1.80. The van der Waals surface area contributed by atoms with Crippen LogP contribution >= 0.6 is 0 Å². The summed E-state index contributed by atoms with van der Waals surface area (Å²) in [6.45, 7) is 1.60. The fraction of sp³-hybridized carbons (Fsp3) is 0.318. The van der Waals surface area contributed by atoms with Crippen LogP contribution in [-0.2, 0) is 9.59 Å². The van der Waals surface area contributed by atoms with E-state index in [-0.39, 0.29) is 37.0 Å². The monoisotopic (exact) mass is 424 g/mol. The maximum Gasteiger partial charge on any atom is 0.257 e. The van der Waals surface area contributed by atoms with Crippen molar-refractivity contribution in [2.45, 2.75) is 12.8 Å². The van der Waals surface area contributed by atoms with E-state index in [1.807, 2.05) is 4.90 Å². The molecule has 0 aliphatic carbocycles. The minimum Gasteiger partial charge on any atom is -0.454 e. The maximum absolute atomic E-state index is 12.8. The summed E-state index contributed by atoms with van der Waals surface area (Å²) in [6, 6.07) is 12.0. The zero-order valence-corrected chi connectivity index (χ0v) is 16.9. The number of piperidine rings is 1. The molecule has 2 aliphatic heterocycles. The summed E-state index contributed by atoms with van der Waals surface area (Å²) >= 11 is 0. The van der Waals surface area contributed by atoms with E-state index in [1.54, 1.807) is 42.5 Å². The summed E-state index contributed by atoms with van der Waals surface area (Å²) in [5.74, 6) is 0.217. The minimum absolute atomic E-state index is 0.125. The summed E-state index contributed by atoms with van der Waals surface area (Å²) < 4.78 is 10.6. The molecule has 31 heavy (non-hydrogen) atoms. The zero-order valence-electron chi connectivity index (χ0n) is 16.9. The quantitative estimate of drug-likeness (QED) is 0.650. The van der Waals surface area contributed by atoms with Gasteiger partial charge < -0.3 is 25.8 Å². The van der Waals surface area contributed by atoms with Crippen LogP contribution in [0.25, 0.3) is 0 Å². The van der Waals surface area contributed by atoms with Crippen molar-refractivity contribution in [2.24, 2.45) is 11.7 Å². The van der Waals surface area contributed by atoms with Gasteiger partial charge in [-0.15, -0.1) is 0 Å². The van der Waals surface area contributed by atoms with Crippen molar-refractivity contribution < 1.29 is 23.9 Å². The molecule has 0 atom stereocenters. The zero-order chi connectivity index (χ0) is 21.8. The first-order valence-corrected chi connectivity index (χ1v) is 10.1. The Hall–Kier alpha value is -3.59. The van der Waals surface area contributed by atoms with E-state index >= 15 is 0 Å². The van der Waals surface area contributed by atoms with E-state index in [4.69, 9.17) is 15.2 Å². The van der Waals surface area contributed by atoms with Crippen LogP contribution in [0.4, 0.5) is 11.4 Å². The number of nitrogens with two attached hydrogens (primary N) is 1. The van der Waals surface area contributed by atoms with Gasteiger partial charge in [0.25, 0.3) is 5.91 Å². The van der Waals surface area contributed by atoms with Crippen molar-refractivity contribution in [1.29, 1.82) is 0 Å². The summed E-state index contributed by atoms with van der Waals surface area (Å²) in [5, 5.41) is 5.64. The first kappa shape index (κ1) is 20.7. The van der Waals surface area contributed by atoms with Crippen molar-refractivity contribution >= 4 is 29.1 Å². The first-order chi connectivity index (χ1) is 15.0. The second-order valence-corrected chi connectivity index (χ2v) is 7.57. The summed E-state index contributed by atoms with van der Waals surface area (Å²) in [7, 11) is 0. The number of rotatable bonds is 6. The van der Waals surface area contributed by atoms with Crippen LogP contribution in [0, 0.1) is 5.92 Å². The Morgan fingerprint density at radius 1 is 1.00 bits per heavy atom. The lowest BCUT2D eigenvalue weighted by molar-refractivity contribution is -0.123. The second-order valence-electron chi connectivity index (χ2n) is 7.57. The molecule has 162 valence electrons. The van der Waals surface area contributed by atoms with Crippen LogP contribution in [0.1, 0.15) is 23.2 Å². The number of primary amides is 1. The average Bonchev–Trinajstić information content (AvgIpc) is 3.22. The highest BCUT2D eigenvalue weighted by Crippen LogP contribution is 2.34. The average molecular weight is 424 g/mol. The molecule has 2 aromatic rings. The molecule has 4 N–H and O–H groups in total. The van der Waals surface area contributed by atoms with Gasteiger partial charge in [-0.25, -0.2) is 0 Å². The van der Waals surface area contributed by atoms with Gasteiger partial charge in [-0.3, -0.25) is 19.3 Å². The van der Waals surface area contributed by atoms with Gasteiger partial charge in [0.1, 0.15) is 0 Å². The third-order valence-electron chi connectivity index (χ3n) is 5.43. The number of anilines is 2. The Bertz CT molecular complexity index is 1000. The Morgan fingerprint density at radius 2 is 1.74 bits per heavy atom. The Morgan fingerprint density at radius 3 is 2.52 bits per heavy atom. The van der Waals surface area contributed by atoms with Crippen molar-refractivity contribution in [2.75, 3.05) is 37.1 Å². The lowest BCUT2D eigenvalue weighted by atomic mass is 9.96. The molecule has 0 saturated carbocycles. The lowest BCUT2D eigenvalue weighted by Gasteiger charge is -2.29. The number of hydrogen-bond acceptors (Lipinski definition) is 6. The molecule has 1 fully saturated rings. The molecule has 9 heteroatoms. The normalized spacial score (nSPS) is 16.0. The molecule has 0 radical (unpaired) electrons. The van der Waals surface area contributed by atoms with Crippen LogP contribution in [0.3, 0.4) is 0 Å². The number of fused-ring (bicyclic) bond motifs is 1. The van der Waals surface area contributed by atoms with Crippen LogP contribution in [0.5, 0.6) is 11.5 Å². The predicted molar refractivity (Wildman–Crippen MR) is 114 cm³/mol. The molecule has 2 heterocycles. The highest BCUT2D eigenvalue weighted by molar-refractivity contribution is 6.10. The molecule has 9 nitrogen and oxygen atoms in total. The topological polar surface area (TPSA) is 123 Å². The Kier molecular flexibility index (Phi) is 6.03. The number of amides is 3. The van der Waals surface area contributed by atoms with Crippen molar-refractivity contribution in [3.63, 3.8) is 0 Å². The first-order valence-electron chi connectivity index (χ1n) is 10.1. The number of nitrogens with zero attached hydrogens (tertiary/aromatic N) is 1. The third-order valence-corrected chi connectivity index (χ3v) is 5.43. The largest absolute Gasteiger partial charge is 0.454 e. The van der Waals surface area contributed by atoms with Gasteiger partial charge in [0.15, 0.2) is 11.5 Å². The minimum atomic E-state index is -0.350. The van der Waals surface area contributed by atoms with Crippen LogP contribution in [0.2, 0.25) is 0 Å². The van der Waals surface area contributed by atoms with Gasteiger partial charge in [0.2, 0.25) is 18.6 Å².